The quantitative estimate of drug-likeness (QED) is 0.726. The lowest BCUT2D eigenvalue weighted by Crippen LogP contribution is -2.31. The Morgan fingerprint density at radius 3 is 2.32 bits per heavy atom. The van der Waals surface area contributed by atoms with Crippen molar-refractivity contribution in [1.29, 1.82) is 0 Å². The standard InChI is InChI=1S/C12H16ClF2NO2S/c1-16(9-12(14)15)19(17,18)11-6-4-10(5-7-11)3-2-8-13/h4-7,12H,2-3,8-9H2,1H3. The molecule has 1 aromatic carbocycles. The van der Waals surface area contributed by atoms with Crippen LogP contribution in [-0.4, -0.2) is 38.6 Å². The summed E-state index contributed by atoms with van der Waals surface area (Å²) in [4.78, 5) is 0.0188. The van der Waals surface area contributed by atoms with E-state index in [0.717, 1.165) is 25.5 Å². The molecule has 0 N–H and O–H groups in total. The Kier molecular flexibility index (Phi) is 6.16. The van der Waals surface area contributed by atoms with Gasteiger partial charge in [-0.15, -0.1) is 11.6 Å². The van der Waals surface area contributed by atoms with E-state index in [0.29, 0.717) is 10.2 Å². The van der Waals surface area contributed by atoms with E-state index in [-0.39, 0.29) is 4.90 Å². The molecule has 0 fully saturated rings. The largest absolute Gasteiger partial charge is 0.252 e. The molecule has 0 saturated heterocycles. The van der Waals surface area contributed by atoms with Crippen LogP contribution in [0.3, 0.4) is 0 Å². The molecular formula is C12H16ClF2NO2S. The van der Waals surface area contributed by atoms with Gasteiger partial charge in [0.05, 0.1) is 11.4 Å². The monoisotopic (exact) mass is 311 g/mol. The van der Waals surface area contributed by atoms with Gasteiger partial charge in [-0.25, -0.2) is 17.2 Å². The number of benzene rings is 1. The summed E-state index contributed by atoms with van der Waals surface area (Å²) in [5, 5.41) is 0. The van der Waals surface area contributed by atoms with Crippen molar-refractivity contribution in [2.75, 3.05) is 19.5 Å². The molecule has 0 aromatic heterocycles. The zero-order valence-corrected chi connectivity index (χ0v) is 12.1. The van der Waals surface area contributed by atoms with Gasteiger partial charge in [0, 0.05) is 12.9 Å². The minimum absolute atomic E-state index is 0.0188. The second-order valence-corrected chi connectivity index (χ2v) is 6.54. The number of rotatable bonds is 7. The molecule has 0 aliphatic heterocycles. The van der Waals surface area contributed by atoms with Crippen LogP contribution < -0.4 is 0 Å². The van der Waals surface area contributed by atoms with Gasteiger partial charge < -0.3 is 0 Å². The van der Waals surface area contributed by atoms with Gasteiger partial charge >= 0.3 is 0 Å². The summed E-state index contributed by atoms with van der Waals surface area (Å²) in [6.45, 7) is -0.809. The van der Waals surface area contributed by atoms with E-state index in [2.05, 4.69) is 0 Å². The molecule has 0 heterocycles. The minimum Gasteiger partial charge on any atom is -0.209 e. The van der Waals surface area contributed by atoms with Crippen molar-refractivity contribution in [2.24, 2.45) is 0 Å². The number of hydrogen-bond acceptors (Lipinski definition) is 2. The molecule has 0 radical (unpaired) electrons. The Balaban J connectivity index is 2.84. The maximum atomic E-state index is 12.2. The first-order chi connectivity index (χ1) is 8.87. The molecule has 0 bridgehead atoms. The first-order valence-electron chi connectivity index (χ1n) is 5.77. The minimum atomic E-state index is -3.84. The zero-order valence-electron chi connectivity index (χ0n) is 10.5. The third-order valence-corrected chi connectivity index (χ3v) is 4.73. The molecule has 0 atom stereocenters. The van der Waals surface area contributed by atoms with E-state index in [1.54, 1.807) is 12.1 Å². The molecule has 108 valence electrons. The number of sulfonamides is 1. The fourth-order valence-electron chi connectivity index (χ4n) is 1.57. The predicted molar refractivity (Wildman–Crippen MR) is 71.3 cm³/mol. The molecule has 0 amide bonds. The van der Waals surface area contributed by atoms with E-state index < -0.39 is 23.0 Å². The zero-order chi connectivity index (χ0) is 14.5. The number of hydrogen-bond donors (Lipinski definition) is 0. The van der Waals surface area contributed by atoms with Crippen LogP contribution in [0.25, 0.3) is 0 Å². The fraction of sp³-hybridized carbons (Fsp3) is 0.500. The van der Waals surface area contributed by atoms with Crippen LogP contribution >= 0.6 is 11.6 Å². The van der Waals surface area contributed by atoms with E-state index in [1.165, 1.54) is 12.1 Å². The van der Waals surface area contributed by atoms with Gasteiger partial charge in [-0.1, -0.05) is 12.1 Å². The summed E-state index contributed by atoms with van der Waals surface area (Å²) < 4.78 is 49.0. The molecule has 0 aliphatic rings. The molecule has 1 rings (SSSR count). The highest BCUT2D eigenvalue weighted by molar-refractivity contribution is 7.89. The smallest absolute Gasteiger partial charge is 0.209 e. The first-order valence-corrected chi connectivity index (χ1v) is 7.74. The Morgan fingerprint density at radius 1 is 1.26 bits per heavy atom. The first kappa shape index (κ1) is 16.3. The average Bonchev–Trinajstić information content (AvgIpc) is 2.36. The van der Waals surface area contributed by atoms with Crippen molar-refractivity contribution >= 4 is 21.6 Å². The lowest BCUT2D eigenvalue weighted by atomic mass is 10.1. The number of alkyl halides is 3. The molecule has 0 unspecified atom stereocenters. The lowest BCUT2D eigenvalue weighted by molar-refractivity contribution is 0.126. The van der Waals surface area contributed by atoms with Crippen molar-refractivity contribution in [3.63, 3.8) is 0 Å². The van der Waals surface area contributed by atoms with E-state index in [1.807, 2.05) is 0 Å². The molecule has 0 spiro atoms. The topological polar surface area (TPSA) is 37.4 Å². The van der Waals surface area contributed by atoms with E-state index in [9.17, 15) is 17.2 Å². The molecule has 19 heavy (non-hydrogen) atoms. The third kappa shape index (κ3) is 4.71. The lowest BCUT2D eigenvalue weighted by Gasteiger charge is -2.16. The van der Waals surface area contributed by atoms with E-state index >= 15 is 0 Å². The van der Waals surface area contributed by atoms with Crippen LogP contribution in [-0.2, 0) is 16.4 Å². The molecule has 1 aromatic rings. The van der Waals surface area contributed by atoms with Crippen LogP contribution in [0.5, 0.6) is 0 Å². The molecule has 7 heteroatoms. The van der Waals surface area contributed by atoms with Crippen LogP contribution in [0.4, 0.5) is 8.78 Å². The third-order valence-electron chi connectivity index (χ3n) is 2.63. The van der Waals surface area contributed by atoms with E-state index in [4.69, 9.17) is 11.6 Å². The Bertz CT molecular complexity index is 491. The number of halogens is 3. The molecule has 3 nitrogen and oxygen atoms in total. The van der Waals surface area contributed by atoms with Crippen LogP contribution in [0.15, 0.2) is 29.2 Å². The van der Waals surface area contributed by atoms with Gasteiger partial charge in [0.15, 0.2) is 0 Å². The highest BCUT2D eigenvalue weighted by Gasteiger charge is 2.23. The van der Waals surface area contributed by atoms with Crippen LogP contribution in [0, 0.1) is 0 Å². The Labute approximate surface area is 117 Å². The van der Waals surface area contributed by atoms with Gasteiger partial charge in [0.1, 0.15) is 0 Å². The molecular weight excluding hydrogens is 296 g/mol. The molecule has 0 saturated carbocycles. The van der Waals surface area contributed by atoms with Gasteiger partial charge in [0.25, 0.3) is 6.43 Å². The van der Waals surface area contributed by atoms with Gasteiger partial charge in [0.2, 0.25) is 10.0 Å². The summed E-state index contributed by atoms with van der Waals surface area (Å²) >= 11 is 5.57. The second-order valence-electron chi connectivity index (χ2n) is 4.11. The maximum absolute atomic E-state index is 12.2. The van der Waals surface area contributed by atoms with Gasteiger partial charge in [-0.2, -0.15) is 4.31 Å². The summed E-state index contributed by atoms with van der Waals surface area (Å²) in [7, 11) is -2.70. The normalized spacial score (nSPS) is 12.3. The second kappa shape index (κ2) is 7.17. The summed E-state index contributed by atoms with van der Waals surface area (Å²) in [5.74, 6) is 0.539. The summed E-state index contributed by atoms with van der Waals surface area (Å²) in [6, 6.07) is 6.22. The van der Waals surface area contributed by atoms with Crippen molar-refractivity contribution in [3.8, 4) is 0 Å². The average molecular weight is 312 g/mol. The SMILES string of the molecule is CN(CC(F)F)S(=O)(=O)c1ccc(CCCCl)cc1. The highest BCUT2D eigenvalue weighted by atomic mass is 35.5. The van der Waals surface area contributed by atoms with Gasteiger partial charge in [-0.05, 0) is 30.5 Å². The predicted octanol–water partition coefficient (Wildman–Crippen LogP) is 2.74. The fourth-order valence-corrected chi connectivity index (χ4v) is 2.85. The number of nitrogens with zero attached hydrogens (tertiary/aromatic N) is 1. The molecule has 0 aliphatic carbocycles. The number of aryl methyl sites for hydroxylation is 1. The van der Waals surface area contributed by atoms with Crippen LogP contribution in [0.2, 0.25) is 0 Å². The Hall–Kier alpha value is -0.720. The van der Waals surface area contributed by atoms with Crippen molar-refractivity contribution in [1.82, 2.24) is 4.31 Å². The van der Waals surface area contributed by atoms with Crippen molar-refractivity contribution in [2.45, 2.75) is 24.2 Å². The van der Waals surface area contributed by atoms with Crippen LogP contribution in [0.1, 0.15) is 12.0 Å². The van der Waals surface area contributed by atoms with Crippen molar-refractivity contribution < 1.29 is 17.2 Å². The maximum Gasteiger partial charge on any atom is 0.252 e. The van der Waals surface area contributed by atoms with Gasteiger partial charge in [-0.3, -0.25) is 0 Å². The Morgan fingerprint density at radius 2 is 1.84 bits per heavy atom. The van der Waals surface area contributed by atoms with Crippen molar-refractivity contribution in [3.05, 3.63) is 29.8 Å². The summed E-state index contributed by atoms with van der Waals surface area (Å²) in [5.41, 5.74) is 0.969. The highest BCUT2D eigenvalue weighted by Crippen LogP contribution is 2.17. The summed E-state index contributed by atoms with van der Waals surface area (Å²) in [6.07, 6.45) is -1.13.